The van der Waals surface area contributed by atoms with Crippen molar-refractivity contribution in [3.05, 3.63) is 192 Å². The number of benzene rings is 8. The summed E-state index contributed by atoms with van der Waals surface area (Å²) < 4.78 is 9.41. The first-order chi connectivity index (χ1) is 34.0. The molecule has 0 amide bonds. The smallest absolute Gasteiger partial charge is 0.121 e. The summed E-state index contributed by atoms with van der Waals surface area (Å²) in [5.41, 5.74) is 16.0. The van der Waals surface area contributed by atoms with E-state index in [1.54, 1.807) is 0 Å². The van der Waals surface area contributed by atoms with Crippen molar-refractivity contribution < 1.29 is 24.5 Å². The summed E-state index contributed by atoms with van der Waals surface area (Å²) in [6.45, 7) is 25.9. The van der Waals surface area contributed by atoms with Crippen LogP contribution in [0.15, 0.2) is 162 Å². The second kappa shape index (κ2) is 18.6. The number of fused-ring (bicyclic) bond motifs is 6. The molecule has 0 saturated carbocycles. The molecule has 0 bridgehead atoms. The molecule has 6 heteroatoms. The third-order valence-electron chi connectivity index (χ3n) is 15.0. The Morgan fingerprint density at radius 2 is 1.33 bits per heavy atom. The summed E-state index contributed by atoms with van der Waals surface area (Å²) in [6, 6.07) is 61.4. The minimum Gasteiger partial charge on any atom is -0.501 e. The van der Waals surface area contributed by atoms with Crippen LogP contribution in [0.1, 0.15) is 95.9 Å². The largest absolute Gasteiger partial charge is 0.501 e. The zero-order valence-corrected chi connectivity index (χ0v) is 46.9. The monoisotopic (exact) mass is 1130 g/mol. The van der Waals surface area contributed by atoms with Crippen molar-refractivity contribution in [1.82, 2.24) is 14.5 Å². The molecule has 363 valence electrons. The van der Waals surface area contributed by atoms with Crippen LogP contribution in [-0.2, 0) is 30.9 Å². The zero-order chi connectivity index (χ0) is 49.6. The zero-order valence-electron chi connectivity index (χ0n) is 43.5. The number of furan rings is 1. The Balaban J connectivity index is 0.000000300. The molecule has 3 heterocycles. The van der Waals surface area contributed by atoms with Crippen molar-refractivity contribution in [2.75, 3.05) is 0 Å². The molecule has 0 fully saturated rings. The second-order valence-corrected chi connectivity index (χ2v) is 27.8. The second-order valence-electron chi connectivity index (χ2n) is 22.8. The number of imidazole rings is 1. The molecule has 11 aromatic rings. The summed E-state index contributed by atoms with van der Waals surface area (Å²) in [5, 5.41) is 8.85. The quantitative estimate of drug-likeness (QED) is 0.0907. The van der Waals surface area contributed by atoms with Gasteiger partial charge in [-0.2, -0.15) is 0 Å². The van der Waals surface area contributed by atoms with Crippen LogP contribution in [-0.4, -0.2) is 22.6 Å². The first-order valence-corrected chi connectivity index (χ1v) is 28.9. The van der Waals surface area contributed by atoms with Gasteiger partial charge in [0.15, 0.2) is 0 Å². The Bertz CT molecular complexity index is 3810. The van der Waals surface area contributed by atoms with Gasteiger partial charge in [0.1, 0.15) is 5.58 Å². The molecule has 8 aromatic carbocycles. The van der Waals surface area contributed by atoms with Crippen molar-refractivity contribution in [3.63, 3.8) is 0 Å². The van der Waals surface area contributed by atoms with Gasteiger partial charge in [0.2, 0.25) is 0 Å². The first-order valence-electron chi connectivity index (χ1n) is 25.4. The van der Waals surface area contributed by atoms with Crippen molar-refractivity contribution in [2.24, 2.45) is 0 Å². The molecule has 1 radical (unpaired) electrons. The number of nitrogens with zero attached hydrogens (tertiary/aromatic N) is 3. The Morgan fingerprint density at radius 1 is 0.625 bits per heavy atom. The maximum Gasteiger partial charge on any atom is 0.121 e. The number of para-hydroxylation sites is 2. The van der Waals surface area contributed by atoms with Crippen molar-refractivity contribution >= 4 is 67.8 Å². The molecule has 1 aliphatic carbocycles. The number of hydrogen-bond acceptors (Lipinski definition) is 3. The van der Waals surface area contributed by atoms with E-state index in [9.17, 15) is 0 Å². The number of hydrogen-bond donors (Lipinski definition) is 0. The Kier molecular flexibility index (Phi) is 12.7. The number of aromatic nitrogens is 3. The van der Waals surface area contributed by atoms with Gasteiger partial charge in [-0.25, -0.2) is 0 Å². The van der Waals surface area contributed by atoms with E-state index in [2.05, 4.69) is 224 Å². The topological polar surface area (TPSA) is 43.9 Å². The van der Waals surface area contributed by atoms with Crippen LogP contribution in [0.2, 0.25) is 19.6 Å². The van der Waals surface area contributed by atoms with E-state index < -0.39 is 8.07 Å². The normalized spacial score (nSPS) is 14.1. The third kappa shape index (κ3) is 8.55. The van der Waals surface area contributed by atoms with Gasteiger partial charge in [0.05, 0.1) is 30.5 Å². The molecule has 12 rings (SSSR count). The van der Waals surface area contributed by atoms with Crippen LogP contribution in [0.3, 0.4) is 0 Å². The van der Waals surface area contributed by atoms with Crippen molar-refractivity contribution in [1.29, 1.82) is 0 Å². The molecule has 0 spiro atoms. The first kappa shape index (κ1) is 49.2. The molecule has 0 aliphatic heterocycles. The van der Waals surface area contributed by atoms with Crippen molar-refractivity contribution in [2.45, 2.75) is 104 Å². The fourth-order valence-corrected chi connectivity index (χ4v) is 12.8. The number of rotatable bonds is 7. The molecule has 0 N–H and O–H groups in total. The average Bonchev–Trinajstić information content (AvgIpc) is 3.93. The molecule has 3 aromatic heterocycles. The molecular formula is C66H63IrN3OSi-2. The van der Waals surface area contributed by atoms with Gasteiger partial charge >= 0.3 is 0 Å². The molecule has 72 heavy (non-hydrogen) atoms. The van der Waals surface area contributed by atoms with Gasteiger partial charge in [0.25, 0.3) is 0 Å². The molecule has 0 atom stereocenters. The third-order valence-corrected chi connectivity index (χ3v) is 17.1. The van der Waals surface area contributed by atoms with Crippen LogP contribution in [0.4, 0.5) is 0 Å². The minimum atomic E-state index is -1.25. The average molecular weight is 1130 g/mol. The number of pyridine rings is 1. The summed E-state index contributed by atoms with van der Waals surface area (Å²) in [4.78, 5) is 9.81. The fraction of sp³-hybridized carbons (Fsp3) is 0.242. The molecule has 0 saturated heterocycles. The van der Waals surface area contributed by atoms with Gasteiger partial charge in [-0.3, -0.25) is 4.98 Å². The predicted octanol–water partition coefficient (Wildman–Crippen LogP) is 17.7. The molecule has 0 unspecified atom stereocenters. The maximum absolute atomic E-state index is 7.01. The molecule has 4 nitrogen and oxygen atoms in total. The fourth-order valence-electron chi connectivity index (χ4n) is 11.6. The summed E-state index contributed by atoms with van der Waals surface area (Å²) in [6.07, 6.45) is 3.02. The van der Waals surface area contributed by atoms with E-state index in [4.69, 9.17) is 9.40 Å². The van der Waals surface area contributed by atoms with E-state index in [1.807, 2.05) is 30.5 Å². The molecule has 1 aliphatic rings. The summed E-state index contributed by atoms with van der Waals surface area (Å²) in [5.74, 6) is 1.39. The Morgan fingerprint density at radius 3 is 2.04 bits per heavy atom. The van der Waals surface area contributed by atoms with E-state index in [0.717, 1.165) is 62.0 Å². The van der Waals surface area contributed by atoms with E-state index in [1.165, 1.54) is 65.8 Å². The van der Waals surface area contributed by atoms with Crippen molar-refractivity contribution in [3.8, 4) is 39.5 Å². The van der Waals surface area contributed by atoms with Crippen LogP contribution in [0, 0.1) is 12.1 Å². The van der Waals surface area contributed by atoms with Gasteiger partial charge < -0.3 is 14.0 Å². The minimum absolute atomic E-state index is 0. The standard InChI is InChI=1S/C52H47N2O.C14H16NSi.Ir/c1-30(2)38-24-33(32-16-10-9-11-17-32)25-39(31(3)4)48(38)54-45-23-13-12-22-44(45)53-50(54)37-20-14-19-36-41-26-34-27-43-47-35(40(34)28-46(41)55-49(36)37)18-15-21-42(47)51(5,6)29-52(43,7)8;1-16(2,3)13-9-10-15-14(11-13)12-7-5-4-6-8-12;/h9-19,21-28,30-31H,29H2,1-8H3;4-7,9-11H,1-3H3;/q2*-1;. The summed E-state index contributed by atoms with van der Waals surface area (Å²) in [7, 11) is -1.25. The van der Waals surface area contributed by atoms with E-state index >= 15 is 0 Å². The summed E-state index contributed by atoms with van der Waals surface area (Å²) >= 11 is 0. The SMILES string of the molecule is CC(C)c1cc(-c2ccccc2)cc(C(C)C)c1-n1c(-c2[c-]ccc3c2oc2cc4c(cc5c6c(cccc64)C(C)(C)CC5(C)C)cc23)nc2ccccc21.C[Si](C)(C)c1ccnc(-c2[c-]cccc2)c1.[Ir]. The molecular weight excluding hydrogens is 1070 g/mol. The Hall–Kier alpha value is -6.43. The van der Waals surface area contributed by atoms with E-state index in [0.29, 0.717) is 0 Å². The van der Waals surface area contributed by atoms with Crippen LogP contribution < -0.4 is 5.19 Å². The van der Waals surface area contributed by atoms with E-state index in [-0.39, 0.29) is 42.8 Å². The van der Waals surface area contributed by atoms with Crippen LogP contribution in [0.25, 0.3) is 94.0 Å². The van der Waals surface area contributed by atoms with Gasteiger partial charge in [-0.05, 0) is 138 Å². The van der Waals surface area contributed by atoms with Gasteiger partial charge in [-0.1, -0.05) is 158 Å². The maximum atomic E-state index is 7.01. The van der Waals surface area contributed by atoms with Gasteiger partial charge in [0, 0.05) is 37.4 Å². The van der Waals surface area contributed by atoms with Crippen LogP contribution >= 0.6 is 0 Å². The van der Waals surface area contributed by atoms with Crippen LogP contribution in [0.5, 0.6) is 0 Å². The van der Waals surface area contributed by atoms with Gasteiger partial charge in [-0.15, -0.1) is 54.1 Å². The predicted molar refractivity (Wildman–Crippen MR) is 303 cm³/mol. The Labute approximate surface area is 439 Å².